The number of carbonyl (C=O) groups is 1. The molecule has 0 spiro atoms. The van der Waals surface area contributed by atoms with Gasteiger partial charge in [0.25, 0.3) is 0 Å². The van der Waals surface area contributed by atoms with Gasteiger partial charge in [0.05, 0.1) is 18.8 Å². The number of nitrogens with one attached hydrogen (secondary N) is 1. The molecule has 6 heteroatoms. The lowest BCUT2D eigenvalue weighted by Gasteiger charge is -2.36. The molecule has 1 saturated carbocycles. The molecule has 0 bridgehead atoms. The zero-order chi connectivity index (χ0) is 14.0. The Kier molecular flexibility index (Phi) is 3.80. The normalized spacial score (nSPS) is 22.7. The summed E-state index contributed by atoms with van der Waals surface area (Å²) >= 11 is 0. The molecule has 1 aliphatic carbocycles. The van der Waals surface area contributed by atoms with E-state index >= 15 is 0 Å². The first-order valence-corrected chi connectivity index (χ1v) is 6.51. The molecule has 1 heterocycles. The standard InChI is InChI=1S/C13H21N3O3/c1-13(2,3)19-12(18)15-10-4-11(5-10)16-7-9(8-17)6-14-16/h6-7,10-11,17H,4-5,8H2,1-3H3,(H,15,18)/t10-,11+. The molecule has 1 amide bonds. The summed E-state index contributed by atoms with van der Waals surface area (Å²) < 4.78 is 7.05. The number of carbonyl (C=O) groups excluding carboxylic acids is 1. The van der Waals surface area contributed by atoms with Crippen LogP contribution in [-0.2, 0) is 11.3 Å². The second-order valence-corrected chi connectivity index (χ2v) is 5.96. The molecule has 0 saturated heterocycles. The number of aliphatic hydroxyl groups excluding tert-OH is 1. The van der Waals surface area contributed by atoms with Crippen molar-refractivity contribution in [2.45, 2.75) is 57.9 Å². The van der Waals surface area contributed by atoms with Crippen molar-refractivity contribution in [1.82, 2.24) is 15.1 Å². The van der Waals surface area contributed by atoms with Crippen LogP contribution in [0.3, 0.4) is 0 Å². The van der Waals surface area contributed by atoms with Gasteiger partial charge in [-0.3, -0.25) is 4.68 Å². The number of aromatic nitrogens is 2. The van der Waals surface area contributed by atoms with Gasteiger partial charge in [-0.2, -0.15) is 5.10 Å². The Hall–Kier alpha value is -1.56. The Morgan fingerprint density at radius 3 is 2.79 bits per heavy atom. The fourth-order valence-corrected chi connectivity index (χ4v) is 2.05. The Balaban J connectivity index is 1.76. The molecular weight excluding hydrogens is 246 g/mol. The Bertz CT molecular complexity index is 444. The van der Waals surface area contributed by atoms with Crippen LogP contribution in [0.1, 0.15) is 45.2 Å². The fourth-order valence-electron chi connectivity index (χ4n) is 2.05. The Morgan fingerprint density at radius 2 is 2.26 bits per heavy atom. The number of hydrogen-bond acceptors (Lipinski definition) is 4. The summed E-state index contributed by atoms with van der Waals surface area (Å²) in [5.74, 6) is 0. The number of alkyl carbamates (subject to hydrolysis) is 1. The molecule has 2 N–H and O–H groups in total. The third kappa shape index (κ3) is 3.70. The minimum atomic E-state index is -0.467. The average molecular weight is 267 g/mol. The number of hydrogen-bond donors (Lipinski definition) is 2. The van der Waals surface area contributed by atoms with Crippen LogP contribution in [-0.4, -0.2) is 32.6 Å². The van der Waals surface area contributed by atoms with Gasteiger partial charge < -0.3 is 15.2 Å². The zero-order valence-electron chi connectivity index (χ0n) is 11.6. The third-order valence-electron chi connectivity index (χ3n) is 3.05. The van der Waals surface area contributed by atoms with Crippen LogP contribution in [0.4, 0.5) is 4.79 Å². The summed E-state index contributed by atoms with van der Waals surface area (Å²) in [6, 6.07) is 0.432. The number of ether oxygens (including phenoxy) is 1. The molecule has 19 heavy (non-hydrogen) atoms. The SMILES string of the molecule is CC(C)(C)OC(=O)N[C@H]1C[C@@H](n2cc(CO)cn2)C1. The quantitative estimate of drug-likeness (QED) is 0.872. The molecule has 0 unspecified atom stereocenters. The zero-order valence-corrected chi connectivity index (χ0v) is 11.6. The number of amides is 1. The Labute approximate surface area is 112 Å². The predicted molar refractivity (Wildman–Crippen MR) is 69.6 cm³/mol. The molecule has 0 radical (unpaired) electrons. The largest absolute Gasteiger partial charge is 0.444 e. The van der Waals surface area contributed by atoms with E-state index in [4.69, 9.17) is 9.84 Å². The van der Waals surface area contributed by atoms with Crippen molar-refractivity contribution in [2.24, 2.45) is 0 Å². The highest BCUT2D eigenvalue weighted by molar-refractivity contribution is 5.68. The van der Waals surface area contributed by atoms with E-state index < -0.39 is 5.60 Å². The summed E-state index contributed by atoms with van der Waals surface area (Å²) in [4.78, 5) is 11.6. The summed E-state index contributed by atoms with van der Waals surface area (Å²) in [6.45, 7) is 5.54. The summed E-state index contributed by atoms with van der Waals surface area (Å²) in [7, 11) is 0. The minimum Gasteiger partial charge on any atom is -0.444 e. The van der Waals surface area contributed by atoms with Gasteiger partial charge in [0, 0.05) is 17.8 Å². The lowest BCUT2D eigenvalue weighted by Crippen LogP contribution is -2.46. The minimum absolute atomic E-state index is 0.00626. The van der Waals surface area contributed by atoms with Crippen LogP contribution in [0.2, 0.25) is 0 Å². The van der Waals surface area contributed by atoms with E-state index in [0.717, 1.165) is 18.4 Å². The number of aliphatic hydroxyl groups is 1. The van der Waals surface area contributed by atoms with Crippen molar-refractivity contribution in [3.05, 3.63) is 18.0 Å². The van der Waals surface area contributed by atoms with Crippen LogP contribution >= 0.6 is 0 Å². The first-order chi connectivity index (χ1) is 8.87. The van der Waals surface area contributed by atoms with Gasteiger partial charge in [-0.1, -0.05) is 0 Å². The maximum atomic E-state index is 11.6. The number of rotatable bonds is 3. The molecule has 0 aliphatic heterocycles. The Morgan fingerprint density at radius 1 is 1.58 bits per heavy atom. The maximum absolute atomic E-state index is 11.6. The first-order valence-electron chi connectivity index (χ1n) is 6.51. The highest BCUT2D eigenvalue weighted by Crippen LogP contribution is 2.32. The van der Waals surface area contributed by atoms with Crippen LogP contribution in [0.25, 0.3) is 0 Å². The molecule has 0 aromatic carbocycles. The van der Waals surface area contributed by atoms with Gasteiger partial charge >= 0.3 is 6.09 Å². The second-order valence-electron chi connectivity index (χ2n) is 5.96. The second kappa shape index (κ2) is 5.21. The van der Waals surface area contributed by atoms with Crippen LogP contribution < -0.4 is 5.32 Å². The van der Waals surface area contributed by atoms with E-state index in [9.17, 15) is 4.79 Å². The summed E-state index contributed by atoms with van der Waals surface area (Å²) in [5.41, 5.74) is 0.342. The molecule has 106 valence electrons. The van der Waals surface area contributed by atoms with E-state index in [1.165, 1.54) is 0 Å². The van der Waals surface area contributed by atoms with Crippen molar-refractivity contribution >= 4 is 6.09 Å². The molecule has 0 atom stereocenters. The first kappa shape index (κ1) is 13.9. The van der Waals surface area contributed by atoms with Crippen molar-refractivity contribution < 1.29 is 14.6 Å². The van der Waals surface area contributed by atoms with Crippen molar-refractivity contribution in [3.8, 4) is 0 Å². The van der Waals surface area contributed by atoms with Gasteiger partial charge in [0.15, 0.2) is 0 Å². The summed E-state index contributed by atoms with van der Waals surface area (Å²) in [6.07, 6.45) is 4.81. The van der Waals surface area contributed by atoms with Gasteiger partial charge in [0.2, 0.25) is 0 Å². The van der Waals surface area contributed by atoms with Gasteiger partial charge in [0.1, 0.15) is 5.60 Å². The van der Waals surface area contributed by atoms with E-state index in [1.807, 2.05) is 31.6 Å². The van der Waals surface area contributed by atoms with Gasteiger partial charge in [-0.25, -0.2) is 4.79 Å². The van der Waals surface area contributed by atoms with E-state index in [2.05, 4.69) is 10.4 Å². The van der Waals surface area contributed by atoms with Gasteiger partial charge in [-0.15, -0.1) is 0 Å². The molecule has 1 fully saturated rings. The van der Waals surface area contributed by atoms with E-state index in [-0.39, 0.29) is 18.7 Å². The average Bonchev–Trinajstić information content (AvgIpc) is 2.68. The molecule has 6 nitrogen and oxygen atoms in total. The molecule has 1 aromatic heterocycles. The number of nitrogens with zero attached hydrogens (tertiary/aromatic N) is 2. The van der Waals surface area contributed by atoms with Crippen molar-refractivity contribution in [3.63, 3.8) is 0 Å². The van der Waals surface area contributed by atoms with Crippen LogP contribution in [0.5, 0.6) is 0 Å². The molecule has 2 rings (SSSR count). The third-order valence-corrected chi connectivity index (χ3v) is 3.05. The highest BCUT2D eigenvalue weighted by atomic mass is 16.6. The lowest BCUT2D eigenvalue weighted by atomic mass is 9.87. The van der Waals surface area contributed by atoms with Crippen molar-refractivity contribution in [1.29, 1.82) is 0 Å². The van der Waals surface area contributed by atoms with Crippen LogP contribution in [0.15, 0.2) is 12.4 Å². The highest BCUT2D eigenvalue weighted by Gasteiger charge is 2.33. The van der Waals surface area contributed by atoms with Crippen molar-refractivity contribution in [2.75, 3.05) is 0 Å². The predicted octanol–water partition coefficient (Wildman–Crippen LogP) is 1.60. The van der Waals surface area contributed by atoms with Crippen LogP contribution in [0, 0.1) is 0 Å². The lowest BCUT2D eigenvalue weighted by molar-refractivity contribution is 0.0452. The molecular formula is C13H21N3O3. The smallest absolute Gasteiger partial charge is 0.407 e. The molecule has 1 aromatic rings. The fraction of sp³-hybridized carbons (Fsp3) is 0.692. The topological polar surface area (TPSA) is 76.4 Å². The van der Waals surface area contributed by atoms with E-state index in [1.54, 1.807) is 6.20 Å². The van der Waals surface area contributed by atoms with E-state index in [0.29, 0.717) is 6.04 Å². The maximum Gasteiger partial charge on any atom is 0.407 e. The monoisotopic (exact) mass is 267 g/mol. The molecule has 1 aliphatic rings. The summed E-state index contributed by atoms with van der Waals surface area (Å²) in [5, 5.41) is 16.0. The van der Waals surface area contributed by atoms with Gasteiger partial charge in [-0.05, 0) is 33.6 Å².